The fourth-order valence-electron chi connectivity index (χ4n) is 2.86. The largest absolute Gasteiger partial charge is 0.508 e. The van der Waals surface area contributed by atoms with Gasteiger partial charge in [0.2, 0.25) is 6.29 Å². The van der Waals surface area contributed by atoms with Gasteiger partial charge in [0.25, 0.3) is 0 Å². The lowest BCUT2D eigenvalue weighted by Gasteiger charge is -2.18. The number of hydrogen-bond donors (Lipinski definition) is 4. The Bertz CT molecular complexity index is 756. The molecule has 7 nitrogen and oxygen atoms in total. The van der Waals surface area contributed by atoms with Crippen LogP contribution in [0.5, 0.6) is 23.0 Å². The topological polar surface area (TPSA) is 109 Å². The molecule has 7 heteroatoms. The normalized spacial score (nSPS) is 25.3. The predicted octanol–water partition coefficient (Wildman–Crippen LogP) is 1.62. The summed E-state index contributed by atoms with van der Waals surface area (Å²) in [5, 5.41) is 38.6. The predicted molar refractivity (Wildman–Crippen MR) is 92.5 cm³/mol. The third-order valence-electron chi connectivity index (χ3n) is 4.05. The minimum absolute atomic E-state index is 0.107. The van der Waals surface area contributed by atoms with Gasteiger partial charge in [-0.15, -0.1) is 0 Å². The first-order chi connectivity index (χ1) is 12.4. The van der Waals surface area contributed by atoms with Gasteiger partial charge in [0.1, 0.15) is 41.3 Å². The van der Waals surface area contributed by atoms with Crippen LogP contribution in [0.15, 0.2) is 36.4 Å². The zero-order valence-electron chi connectivity index (χ0n) is 14.5. The number of aromatic hydroxyl groups is 1. The monoisotopic (exact) mass is 362 g/mol. The van der Waals surface area contributed by atoms with Crippen molar-refractivity contribution in [1.29, 1.82) is 0 Å². The average Bonchev–Trinajstić information content (AvgIpc) is 2.81. The Kier molecular flexibility index (Phi) is 5.33. The number of aliphatic hydroxyl groups is 3. The molecule has 1 saturated heterocycles. The third kappa shape index (κ3) is 4.08. The second-order valence-corrected chi connectivity index (χ2v) is 6.41. The molecule has 0 bridgehead atoms. The summed E-state index contributed by atoms with van der Waals surface area (Å²) in [6.07, 6.45) is -4.49. The number of phenolic OH excluding ortho intramolecular Hbond substituents is 1. The van der Waals surface area contributed by atoms with E-state index in [0.29, 0.717) is 17.2 Å². The molecule has 0 aliphatic carbocycles. The first-order valence-electron chi connectivity index (χ1n) is 8.25. The molecule has 26 heavy (non-hydrogen) atoms. The second kappa shape index (κ2) is 7.51. The second-order valence-electron chi connectivity index (χ2n) is 6.41. The molecule has 0 spiro atoms. The van der Waals surface area contributed by atoms with Crippen molar-refractivity contribution < 1.29 is 34.6 Å². The van der Waals surface area contributed by atoms with Crippen LogP contribution in [0.25, 0.3) is 0 Å². The summed E-state index contributed by atoms with van der Waals surface area (Å²) in [7, 11) is 0. The van der Waals surface area contributed by atoms with Crippen LogP contribution >= 0.6 is 0 Å². The SMILES string of the molecule is Cc1cc(O)cc(Oc2cc(C)cc(OC3OC(CO)C(O)C3O)c2)c1. The summed E-state index contributed by atoms with van der Waals surface area (Å²) in [5.41, 5.74) is 1.71. The highest BCUT2D eigenvalue weighted by Gasteiger charge is 2.43. The van der Waals surface area contributed by atoms with Crippen molar-refractivity contribution in [3.05, 3.63) is 47.5 Å². The van der Waals surface area contributed by atoms with Gasteiger partial charge in [-0.2, -0.15) is 0 Å². The highest BCUT2D eigenvalue weighted by Crippen LogP contribution is 2.32. The van der Waals surface area contributed by atoms with Crippen LogP contribution in [0.1, 0.15) is 11.1 Å². The summed E-state index contributed by atoms with van der Waals surface area (Å²) >= 11 is 0. The fourth-order valence-corrected chi connectivity index (χ4v) is 2.86. The summed E-state index contributed by atoms with van der Waals surface area (Å²) in [5.74, 6) is 1.45. The van der Waals surface area contributed by atoms with Gasteiger partial charge in [0.15, 0.2) is 0 Å². The number of hydrogen-bond acceptors (Lipinski definition) is 7. The van der Waals surface area contributed by atoms with Crippen LogP contribution in [-0.4, -0.2) is 51.6 Å². The molecular formula is C19H22O7. The van der Waals surface area contributed by atoms with Crippen LogP contribution in [0.3, 0.4) is 0 Å². The lowest BCUT2D eigenvalue weighted by molar-refractivity contribution is -0.116. The van der Waals surface area contributed by atoms with E-state index in [-0.39, 0.29) is 5.75 Å². The zero-order valence-corrected chi connectivity index (χ0v) is 14.5. The molecule has 4 unspecified atom stereocenters. The van der Waals surface area contributed by atoms with E-state index in [1.807, 2.05) is 13.8 Å². The van der Waals surface area contributed by atoms with Gasteiger partial charge in [-0.1, -0.05) is 0 Å². The number of phenols is 1. The highest BCUT2D eigenvalue weighted by atomic mass is 16.7. The van der Waals surface area contributed by atoms with E-state index in [1.165, 1.54) is 6.07 Å². The summed E-state index contributed by atoms with van der Waals surface area (Å²) in [6.45, 7) is 3.28. The summed E-state index contributed by atoms with van der Waals surface area (Å²) in [6, 6.07) is 10.1. The molecule has 0 saturated carbocycles. The highest BCUT2D eigenvalue weighted by molar-refractivity contribution is 5.43. The number of aliphatic hydroxyl groups excluding tert-OH is 3. The fraction of sp³-hybridized carbons (Fsp3) is 0.368. The van der Waals surface area contributed by atoms with E-state index < -0.39 is 31.2 Å². The van der Waals surface area contributed by atoms with Crippen molar-refractivity contribution in [2.45, 2.75) is 38.4 Å². The van der Waals surface area contributed by atoms with Crippen molar-refractivity contribution >= 4 is 0 Å². The van der Waals surface area contributed by atoms with Gasteiger partial charge < -0.3 is 34.6 Å². The van der Waals surface area contributed by atoms with Crippen molar-refractivity contribution in [2.24, 2.45) is 0 Å². The van der Waals surface area contributed by atoms with Crippen LogP contribution < -0.4 is 9.47 Å². The molecule has 1 aliphatic heterocycles. The van der Waals surface area contributed by atoms with Gasteiger partial charge in [0.05, 0.1) is 6.61 Å². The maximum atomic E-state index is 9.99. The minimum atomic E-state index is -1.27. The lowest BCUT2D eigenvalue weighted by Crippen LogP contribution is -2.35. The van der Waals surface area contributed by atoms with E-state index in [0.717, 1.165) is 11.1 Å². The van der Waals surface area contributed by atoms with Crippen molar-refractivity contribution in [2.75, 3.05) is 6.61 Å². The first kappa shape index (κ1) is 18.5. The molecule has 3 rings (SSSR count). The third-order valence-corrected chi connectivity index (χ3v) is 4.05. The van der Waals surface area contributed by atoms with Gasteiger partial charge in [-0.25, -0.2) is 0 Å². The molecule has 1 aliphatic rings. The van der Waals surface area contributed by atoms with Crippen LogP contribution in [0.2, 0.25) is 0 Å². The van der Waals surface area contributed by atoms with Gasteiger partial charge in [0, 0.05) is 12.1 Å². The van der Waals surface area contributed by atoms with Gasteiger partial charge in [-0.3, -0.25) is 0 Å². The maximum Gasteiger partial charge on any atom is 0.229 e. The standard InChI is InChI=1S/C19H22O7/c1-10-3-12(21)7-13(4-10)24-14-5-11(2)6-15(8-14)25-19-18(23)17(22)16(9-20)26-19/h3-8,16-23H,9H2,1-2H3. The molecule has 0 amide bonds. The van der Waals surface area contributed by atoms with Gasteiger partial charge >= 0.3 is 0 Å². The Morgan fingerprint density at radius 3 is 2.12 bits per heavy atom. The molecule has 4 atom stereocenters. The van der Waals surface area contributed by atoms with Crippen LogP contribution in [0, 0.1) is 13.8 Å². The Morgan fingerprint density at radius 2 is 1.50 bits per heavy atom. The molecule has 1 fully saturated rings. The Morgan fingerprint density at radius 1 is 0.885 bits per heavy atom. The minimum Gasteiger partial charge on any atom is -0.508 e. The van der Waals surface area contributed by atoms with Crippen LogP contribution in [-0.2, 0) is 4.74 Å². The summed E-state index contributed by atoms with van der Waals surface area (Å²) in [4.78, 5) is 0. The average molecular weight is 362 g/mol. The number of rotatable bonds is 5. The van der Waals surface area contributed by atoms with E-state index in [4.69, 9.17) is 19.3 Å². The molecule has 140 valence electrons. The Balaban J connectivity index is 1.77. The molecule has 2 aromatic carbocycles. The zero-order chi connectivity index (χ0) is 18.8. The molecule has 4 N–H and O–H groups in total. The number of benzene rings is 2. The van der Waals surface area contributed by atoms with Crippen molar-refractivity contribution in [1.82, 2.24) is 0 Å². The van der Waals surface area contributed by atoms with E-state index in [2.05, 4.69) is 0 Å². The maximum absolute atomic E-state index is 9.99. The summed E-state index contributed by atoms with van der Waals surface area (Å²) < 4.78 is 16.7. The number of aryl methyl sites for hydroxylation is 2. The van der Waals surface area contributed by atoms with Gasteiger partial charge in [-0.05, 0) is 49.2 Å². The molecular weight excluding hydrogens is 340 g/mol. The first-order valence-corrected chi connectivity index (χ1v) is 8.25. The number of ether oxygens (including phenoxy) is 3. The lowest BCUT2D eigenvalue weighted by atomic mass is 10.1. The van der Waals surface area contributed by atoms with E-state index >= 15 is 0 Å². The van der Waals surface area contributed by atoms with E-state index in [9.17, 15) is 15.3 Å². The van der Waals surface area contributed by atoms with Crippen molar-refractivity contribution in [3.8, 4) is 23.0 Å². The van der Waals surface area contributed by atoms with Crippen molar-refractivity contribution in [3.63, 3.8) is 0 Å². The Hall–Kier alpha value is -2.32. The molecule has 0 radical (unpaired) electrons. The quantitative estimate of drug-likeness (QED) is 0.640. The Labute approximate surface area is 151 Å². The molecule has 1 heterocycles. The van der Waals surface area contributed by atoms with Crippen LogP contribution in [0.4, 0.5) is 0 Å². The molecule has 0 aromatic heterocycles. The molecule has 2 aromatic rings. The van der Waals surface area contributed by atoms with E-state index in [1.54, 1.807) is 30.3 Å². The smallest absolute Gasteiger partial charge is 0.229 e.